The fraction of sp³-hybridized carbons (Fsp3) is 0.333. The van der Waals surface area contributed by atoms with Gasteiger partial charge in [-0.25, -0.2) is 0 Å². The minimum absolute atomic E-state index is 0.0178. The highest BCUT2D eigenvalue weighted by Gasteiger charge is 2.10. The summed E-state index contributed by atoms with van der Waals surface area (Å²) in [5.41, 5.74) is 6.22. The fourth-order valence-electron chi connectivity index (χ4n) is 1.17. The summed E-state index contributed by atoms with van der Waals surface area (Å²) in [6.45, 7) is 3.83. The quantitative estimate of drug-likeness (QED) is 0.811. The number of nitrogens with two attached hydrogens (primary N) is 1. The van der Waals surface area contributed by atoms with Gasteiger partial charge in [0, 0.05) is 17.2 Å². The average Bonchev–Trinajstić information content (AvgIpc) is 2.28. The lowest BCUT2D eigenvalue weighted by Crippen LogP contribution is -2.19. The monoisotopic (exact) mass is 220 g/mol. The van der Waals surface area contributed by atoms with E-state index in [1.54, 1.807) is 24.3 Å². The maximum atomic E-state index is 11.6. The van der Waals surface area contributed by atoms with Crippen LogP contribution in [0.15, 0.2) is 24.3 Å². The highest BCUT2D eigenvalue weighted by molar-refractivity contribution is 5.95. The molecule has 0 spiro atoms. The average molecular weight is 220 g/mol. The second-order valence-electron chi connectivity index (χ2n) is 3.74. The molecular formula is C12H16N2O2. The number of carbonyl (C=O) groups excluding carboxylic acids is 2. The largest absolute Gasteiger partial charge is 0.366 e. The zero-order valence-corrected chi connectivity index (χ0v) is 9.49. The number of hydrogen-bond donors (Lipinski definition) is 2. The van der Waals surface area contributed by atoms with Gasteiger partial charge in [-0.05, 0) is 30.7 Å². The van der Waals surface area contributed by atoms with Gasteiger partial charge >= 0.3 is 0 Å². The van der Waals surface area contributed by atoms with Crippen LogP contribution < -0.4 is 11.1 Å². The van der Waals surface area contributed by atoms with Crippen LogP contribution in [-0.4, -0.2) is 11.8 Å². The second-order valence-corrected chi connectivity index (χ2v) is 3.74. The van der Waals surface area contributed by atoms with Crippen molar-refractivity contribution in [2.45, 2.75) is 20.3 Å². The van der Waals surface area contributed by atoms with Crippen LogP contribution in [0.4, 0.5) is 5.69 Å². The van der Waals surface area contributed by atoms with Crippen LogP contribution in [-0.2, 0) is 4.79 Å². The molecule has 1 unspecified atom stereocenters. The van der Waals surface area contributed by atoms with E-state index in [0.717, 1.165) is 6.42 Å². The van der Waals surface area contributed by atoms with Crippen molar-refractivity contribution < 1.29 is 9.59 Å². The predicted octanol–water partition coefficient (Wildman–Crippen LogP) is 1.77. The lowest BCUT2D eigenvalue weighted by Gasteiger charge is -2.09. The third kappa shape index (κ3) is 3.08. The molecule has 1 atom stereocenters. The van der Waals surface area contributed by atoms with E-state index >= 15 is 0 Å². The molecular weight excluding hydrogens is 204 g/mol. The molecule has 4 heteroatoms. The number of carbonyl (C=O) groups is 2. The Kier molecular flexibility index (Phi) is 4.05. The maximum absolute atomic E-state index is 11.6. The van der Waals surface area contributed by atoms with Crippen LogP contribution in [0, 0.1) is 5.92 Å². The van der Waals surface area contributed by atoms with Crippen molar-refractivity contribution in [3.05, 3.63) is 29.8 Å². The van der Waals surface area contributed by atoms with Crippen LogP contribution in [0.5, 0.6) is 0 Å². The van der Waals surface area contributed by atoms with E-state index in [-0.39, 0.29) is 11.8 Å². The normalized spacial score (nSPS) is 11.9. The van der Waals surface area contributed by atoms with Crippen molar-refractivity contribution >= 4 is 17.5 Å². The van der Waals surface area contributed by atoms with Gasteiger partial charge in [0.05, 0.1) is 0 Å². The molecule has 1 aromatic rings. The Labute approximate surface area is 94.8 Å². The van der Waals surface area contributed by atoms with Gasteiger partial charge in [0.25, 0.3) is 0 Å². The number of amides is 2. The third-order valence-corrected chi connectivity index (χ3v) is 2.50. The highest BCUT2D eigenvalue weighted by Crippen LogP contribution is 2.11. The molecule has 0 aliphatic heterocycles. The molecule has 2 amide bonds. The number of nitrogens with one attached hydrogen (secondary N) is 1. The molecule has 0 saturated carbocycles. The molecule has 0 radical (unpaired) electrons. The van der Waals surface area contributed by atoms with E-state index in [9.17, 15) is 9.59 Å². The summed E-state index contributed by atoms with van der Waals surface area (Å²) in [5, 5.41) is 2.77. The van der Waals surface area contributed by atoms with Crippen LogP contribution in [0.3, 0.4) is 0 Å². The number of hydrogen-bond acceptors (Lipinski definition) is 2. The van der Waals surface area contributed by atoms with Gasteiger partial charge in [0.2, 0.25) is 11.8 Å². The summed E-state index contributed by atoms with van der Waals surface area (Å²) < 4.78 is 0. The Balaban J connectivity index is 2.69. The molecule has 0 heterocycles. The zero-order valence-electron chi connectivity index (χ0n) is 9.49. The lowest BCUT2D eigenvalue weighted by atomic mass is 10.1. The van der Waals surface area contributed by atoms with Crippen LogP contribution in [0.25, 0.3) is 0 Å². The zero-order chi connectivity index (χ0) is 12.1. The number of benzene rings is 1. The van der Waals surface area contributed by atoms with Gasteiger partial charge in [0.1, 0.15) is 0 Å². The first-order valence-electron chi connectivity index (χ1n) is 5.25. The van der Waals surface area contributed by atoms with Crippen molar-refractivity contribution in [1.82, 2.24) is 0 Å². The molecule has 4 nitrogen and oxygen atoms in total. The summed E-state index contributed by atoms with van der Waals surface area (Å²) in [5.74, 6) is -0.509. The van der Waals surface area contributed by atoms with Crippen molar-refractivity contribution in [2.24, 2.45) is 11.7 Å². The maximum Gasteiger partial charge on any atom is 0.248 e. The summed E-state index contributed by atoms with van der Waals surface area (Å²) in [6, 6.07) is 6.52. The molecule has 3 N–H and O–H groups in total. The van der Waals surface area contributed by atoms with Crippen LogP contribution in [0.1, 0.15) is 30.6 Å². The van der Waals surface area contributed by atoms with E-state index < -0.39 is 5.91 Å². The summed E-state index contributed by atoms with van der Waals surface area (Å²) in [7, 11) is 0. The summed E-state index contributed by atoms with van der Waals surface area (Å²) in [4.78, 5) is 22.4. The van der Waals surface area contributed by atoms with E-state index in [0.29, 0.717) is 11.3 Å². The Morgan fingerprint density at radius 1 is 1.31 bits per heavy atom. The van der Waals surface area contributed by atoms with E-state index in [1.165, 1.54) is 0 Å². The SMILES string of the molecule is CCC(C)C(=O)Nc1ccc(C(N)=O)cc1. The molecule has 1 rings (SSSR count). The smallest absolute Gasteiger partial charge is 0.248 e. The van der Waals surface area contributed by atoms with Crippen molar-refractivity contribution in [1.29, 1.82) is 0 Å². The number of anilines is 1. The Hall–Kier alpha value is -1.84. The third-order valence-electron chi connectivity index (χ3n) is 2.50. The first-order chi connectivity index (χ1) is 7.54. The van der Waals surface area contributed by atoms with Crippen molar-refractivity contribution in [2.75, 3.05) is 5.32 Å². The lowest BCUT2D eigenvalue weighted by molar-refractivity contribution is -0.119. The van der Waals surface area contributed by atoms with Crippen LogP contribution >= 0.6 is 0 Å². The molecule has 0 aromatic heterocycles. The molecule has 0 saturated heterocycles. The van der Waals surface area contributed by atoms with Crippen LogP contribution in [0.2, 0.25) is 0 Å². The topological polar surface area (TPSA) is 72.2 Å². The molecule has 0 bridgehead atoms. The second kappa shape index (κ2) is 5.30. The van der Waals surface area contributed by atoms with Gasteiger partial charge in [-0.15, -0.1) is 0 Å². The highest BCUT2D eigenvalue weighted by atomic mass is 16.2. The Bertz CT molecular complexity index is 385. The van der Waals surface area contributed by atoms with Gasteiger partial charge in [-0.1, -0.05) is 13.8 Å². The minimum atomic E-state index is -0.472. The standard InChI is InChI=1S/C12H16N2O2/c1-3-8(2)12(16)14-10-6-4-9(5-7-10)11(13)15/h4-8H,3H2,1-2H3,(H2,13,15)(H,14,16). The molecule has 0 aliphatic carbocycles. The summed E-state index contributed by atoms with van der Waals surface area (Å²) in [6.07, 6.45) is 0.797. The molecule has 0 fully saturated rings. The first kappa shape index (κ1) is 12.2. The van der Waals surface area contributed by atoms with Gasteiger partial charge < -0.3 is 11.1 Å². The van der Waals surface area contributed by atoms with Gasteiger partial charge in [-0.3, -0.25) is 9.59 Å². The summed E-state index contributed by atoms with van der Waals surface area (Å²) >= 11 is 0. The predicted molar refractivity (Wildman–Crippen MR) is 63.0 cm³/mol. The first-order valence-corrected chi connectivity index (χ1v) is 5.25. The van der Waals surface area contributed by atoms with Gasteiger partial charge in [0.15, 0.2) is 0 Å². The van der Waals surface area contributed by atoms with Gasteiger partial charge in [-0.2, -0.15) is 0 Å². The van der Waals surface area contributed by atoms with E-state index in [2.05, 4.69) is 5.32 Å². The molecule has 0 aliphatic rings. The Morgan fingerprint density at radius 2 is 1.88 bits per heavy atom. The number of rotatable bonds is 4. The van der Waals surface area contributed by atoms with E-state index in [4.69, 9.17) is 5.73 Å². The van der Waals surface area contributed by atoms with Crippen molar-refractivity contribution in [3.8, 4) is 0 Å². The fourth-order valence-corrected chi connectivity index (χ4v) is 1.17. The molecule has 1 aromatic carbocycles. The number of primary amides is 1. The van der Waals surface area contributed by atoms with Crippen molar-refractivity contribution in [3.63, 3.8) is 0 Å². The molecule has 86 valence electrons. The molecule has 16 heavy (non-hydrogen) atoms. The minimum Gasteiger partial charge on any atom is -0.366 e. The van der Waals surface area contributed by atoms with E-state index in [1.807, 2.05) is 13.8 Å². The Morgan fingerprint density at radius 3 is 2.31 bits per heavy atom.